The first-order valence-electron chi connectivity index (χ1n) is 9.20. The van der Waals surface area contributed by atoms with Gasteiger partial charge in [0.2, 0.25) is 0 Å². The summed E-state index contributed by atoms with van der Waals surface area (Å²) in [6.07, 6.45) is 4.96. The lowest BCUT2D eigenvalue weighted by Gasteiger charge is -2.22. The van der Waals surface area contributed by atoms with E-state index in [-0.39, 0.29) is 0 Å². The molecule has 0 bridgehead atoms. The van der Waals surface area contributed by atoms with Gasteiger partial charge >= 0.3 is 0 Å². The summed E-state index contributed by atoms with van der Waals surface area (Å²) in [4.78, 5) is 11.1. The third kappa shape index (κ3) is 5.00. The molecule has 3 rings (SSSR count). The van der Waals surface area contributed by atoms with Crippen molar-refractivity contribution in [3.8, 4) is 5.75 Å². The summed E-state index contributed by atoms with van der Waals surface area (Å²) in [5, 5.41) is 3.40. The smallest absolute Gasteiger partial charge is 0.193 e. The largest absolute Gasteiger partial charge is 0.492 e. The van der Waals surface area contributed by atoms with Crippen molar-refractivity contribution in [1.29, 1.82) is 0 Å². The van der Waals surface area contributed by atoms with Gasteiger partial charge in [-0.2, -0.15) is 0 Å². The molecule has 0 amide bonds. The topological polar surface area (TPSA) is 54.2 Å². The first kappa shape index (κ1) is 18.8. The lowest BCUT2D eigenvalue weighted by atomic mass is 10.3. The zero-order valence-corrected chi connectivity index (χ0v) is 16.2. The van der Waals surface area contributed by atoms with Crippen LogP contribution in [0.5, 0.6) is 5.75 Å². The molecule has 0 aliphatic heterocycles. The Bertz CT molecular complexity index is 888. The predicted octanol–water partition coefficient (Wildman–Crippen LogP) is 2.77. The van der Waals surface area contributed by atoms with E-state index in [0.29, 0.717) is 6.61 Å². The van der Waals surface area contributed by atoms with Crippen molar-refractivity contribution in [3.05, 3.63) is 66.1 Å². The monoisotopic (exact) mass is 365 g/mol. The number of imidazole rings is 1. The van der Waals surface area contributed by atoms with E-state index >= 15 is 0 Å². The van der Waals surface area contributed by atoms with E-state index in [1.165, 1.54) is 5.56 Å². The molecule has 27 heavy (non-hydrogen) atoms. The molecule has 0 unspecified atom stereocenters. The molecule has 1 N–H and O–H groups in total. The van der Waals surface area contributed by atoms with Crippen molar-refractivity contribution in [2.45, 2.75) is 13.3 Å². The van der Waals surface area contributed by atoms with Crippen LogP contribution >= 0.6 is 0 Å². The zero-order valence-electron chi connectivity index (χ0n) is 16.2. The molecule has 2 aromatic heterocycles. The Hall–Kier alpha value is -3.02. The SMILES string of the molecule is CN=C(NCCc1cn2cccc(C)c2n1)N(C)CCOc1ccccc1. The van der Waals surface area contributed by atoms with E-state index in [1.807, 2.05) is 49.6 Å². The first-order valence-corrected chi connectivity index (χ1v) is 9.20. The predicted molar refractivity (Wildman–Crippen MR) is 110 cm³/mol. The molecular formula is C21H27N5O. The van der Waals surface area contributed by atoms with E-state index in [1.54, 1.807) is 7.05 Å². The molecule has 0 atom stereocenters. The quantitative estimate of drug-likeness (QED) is 0.517. The van der Waals surface area contributed by atoms with Gasteiger partial charge < -0.3 is 19.4 Å². The Morgan fingerprint density at radius 1 is 1.22 bits per heavy atom. The van der Waals surface area contributed by atoms with Gasteiger partial charge in [-0.05, 0) is 30.7 Å². The fourth-order valence-corrected chi connectivity index (χ4v) is 2.93. The van der Waals surface area contributed by atoms with Crippen LogP contribution in [0.25, 0.3) is 5.65 Å². The first-order chi connectivity index (χ1) is 13.2. The van der Waals surface area contributed by atoms with Crippen LogP contribution in [-0.4, -0.2) is 54.0 Å². The molecule has 0 saturated heterocycles. The van der Waals surface area contributed by atoms with Gasteiger partial charge in [-0.25, -0.2) is 4.98 Å². The lowest BCUT2D eigenvalue weighted by Crippen LogP contribution is -2.41. The molecule has 0 saturated carbocycles. The number of ether oxygens (including phenoxy) is 1. The number of aromatic nitrogens is 2. The summed E-state index contributed by atoms with van der Waals surface area (Å²) in [6.45, 7) is 4.22. The minimum Gasteiger partial charge on any atom is -0.492 e. The molecule has 6 heteroatoms. The van der Waals surface area contributed by atoms with Crippen LogP contribution in [0.15, 0.2) is 59.9 Å². The van der Waals surface area contributed by atoms with Crippen LogP contribution in [0.1, 0.15) is 11.3 Å². The van der Waals surface area contributed by atoms with Gasteiger partial charge in [0.05, 0.1) is 12.2 Å². The third-order valence-corrected chi connectivity index (χ3v) is 4.40. The zero-order chi connectivity index (χ0) is 19.1. The Morgan fingerprint density at radius 2 is 2.04 bits per heavy atom. The highest BCUT2D eigenvalue weighted by Crippen LogP contribution is 2.10. The van der Waals surface area contributed by atoms with Gasteiger partial charge in [-0.1, -0.05) is 24.3 Å². The molecule has 0 aliphatic carbocycles. The molecule has 0 spiro atoms. The van der Waals surface area contributed by atoms with Gasteiger partial charge in [0.1, 0.15) is 18.0 Å². The maximum absolute atomic E-state index is 5.75. The molecule has 0 radical (unpaired) electrons. The van der Waals surface area contributed by atoms with Crippen LogP contribution in [0, 0.1) is 6.92 Å². The summed E-state index contributed by atoms with van der Waals surface area (Å²) < 4.78 is 7.83. The second-order valence-corrected chi connectivity index (χ2v) is 6.46. The second-order valence-electron chi connectivity index (χ2n) is 6.46. The number of hydrogen-bond acceptors (Lipinski definition) is 3. The van der Waals surface area contributed by atoms with Gasteiger partial charge in [-0.15, -0.1) is 0 Å². The Kier molecular flexibility index (Phi) is 6.30. The van der Waals surface area contributed by atoms with Crippen molar-refractivity contribution in [2.75, 3.05) is 33.8 Å². The number of rotatable bonds is 7. The van der Waals surface area contributed by atoms with Crippen LogP contribution in [0.2, 0.25) is 0 Å². The van der Waals surface area contributed by atoms with Gasteiger partial charge in [-0.3, -0.25) is 4.99 Å². The lowest BCUT2D eigenvalue weighted by molar-refractivity contribution is 0.281. The van der Waals surface area contributed by atoms with E-state index < -0.39 is 0 Å². The minimum atomic E-state index is 0.604. The van der Waals surface area contributed by atoms with E-state index in [2.05, 4.69) is 38.8 Å². The molecule has 0 aliphatic rings. The number of hydrogen-bond donors (Lipinski definition) is 1. The summed E-state index contributed by atoms with van der Waals surface area (Å²) in [5.41, 5.74) is 3.28. The van der Waals surface area contributed by atoms with E-state index in [0.717, 1.165) is 42.6 Å². The Morgan fingerprint density at radius 3 is 2.78 bits per heavy atom. The summed E-state index contributed by atoms with van der Waals surface area (Å²) in [6, 6.07) is 14.0. The van der Waals surface area contributed by atoms with E-state index in [9.17, 15) is 0 Å². The highest BCUT2D eigenvalue weighted by molar-refractivity contribution is 5.79. The molecule has 2 heterocycles. The molecule has 6 nitrogen and oxygen atoms in total. The fraction of sp³-hybridized carbons (Fsp3) is 0.333. The van der Waals surface area contributed by atoms with Crippen LogP contribution in [0.4, 0.5) is 0 Å². The van der Waals surface area contributed by atoms with Crippen molar-refractivity contribution in [1.82, 2.24) is 19.6 Å². The normalized spacial score (nSPS) is 11.6. The van der Waals surface area contributed by atoms with Crippen LogP contribution in [-0.2, 0) is 6.42 Å². The number of fused-ring (bicyclic) bond motifs is 1. The summed E-state index contributed by atoms with van der Waals surface area (Å²) in [5.74, 6) is 1.74. The standard InChI is InChI=1S/C21H27N5O/c1-17-8-7-13-26-16-18(24-20(17)26)11-12-23-21(22-2)25(3)14-15-27-19-9-5-4-6-10-19/h4-10,13,16H,11-12,14-15H2,1-3H3,(H,22,23). The van der Waals surface area contributed by atoms with E-state index in [4.69, 9.17) is 9.72 Å². The van der Waals surface area contributed by atoms with Gasteiger partial charge in [0, 0.05) is 39.5 Å². The number of pyridine rings is 1. The molecule has 0 fully saturated rings. The maximum atomic E-state index is 5.75. The third-order valence-electron chi connectivity index (χ3n) is 4.40. The van der Waals surface area contributed by atoms with Crippen molar-refractivity contribution >= 4 is 11.6 Å². The number of likely N-dealkylation sites (N-methyl/N-ethyl adjacent to an activating group) is 1. The Balaban J connectivity index is 1.45. The molecule has 3 aromatic rings. The fourth-order valence-electron chi connectivity index (χ4n) is 2.93. The van der Waals surface area contributed by atoms with Crippen LogP contribution in [0.3, 0.4) is 0 Å². The average Bonchev–Trinajstić information content (AvgIpc) is 3.10. The second kappa shape index (κ2) is 9.07. The number of aliphatic imine (C=N–C) groups is 1. The van der Waals surface area contributed by atoms with Gasteiger partial charge in [0.25, 0.3) is 0 Å². The summed E-state index contributed by atoms with van der Waals surface area (Å²) in [7, 11) is 3.81. The van der Waals surface area contributed by atoms with Crippen molar-refractivity contribution in [2.24, 2.45) is 4.99 Å². The number of benzene rings is 1. The Labute approximate surface area is 160 Å². The molecule has 1 aromatic carbocycles. The number of nitrogens with one attached hydrogen (secondary N) is 1. The molecule has 142 valence electrons. The average molecular weight is 365 g/mol. The van der Waals surface area contributed by atoms with Crippen molar-refractivity contribution in [3.63, 3.8) is 0 Å². The highest BCUT2D eigenvalue weighted by atomic mass is 16.5. The van der Waals surface area contributed by atoms with Crippen molar-refractivity contribution < 1.29 is 4.74 Å². The van der Waals surface area contributed by atoms with Gasteiger partial charge in [0.15, 0.2) is 5.96 Å². The number of nitrogens with zero attached hydrogens (tertiary/aromatic N) is 4. The number of guanidine groups is 1. The summed E-state index contributed by atoms with van der Waals surface area (Å²) >= 11 is 0. The molecular weight excluding hydrogens is 338 g/mol. The number of para-hydroxylation sites is 1. The minimum absolute atomic E-state index is 0.604. The number of aryl methyl sites for hydroxylation is 1. The van der Waals surface area contributed by atoms with Crippen LogP contribution < -0.4 is 10.1 Å². The highest BCUT2D eigenvalue weighted by Gasteiger charge is 2.07. The maximum Gasteiger partial charge on any atom is 0.193 e.